The number of phenolic OH excluding ortho intramolecular Hbond substituents is 1. The van der Waals surface area contributed by atoms with Crippen LogP contribution in [-0.4, -0.2) is 71.0 Å². The molecule has 0 aromatic heterocycles. The first-order chi connectivity index (χ1) is 19.3. The van der Waals surface area contributed by atoms with Gasteiger partial charge >= 0.3 is 5.97 Å². The molecule has 4 amide bonds. The van der Waals surface area contributed by atoms with E-state index in [1.807, 2.05) is 13.8 Å². The van der Waals surface area contributed by atoms with Gasteiger partial charge in [-0.1, -0.05) is 60.1 Å². The maximum atomic E-state index is 13.1. The van der Waals surface area contributed by atoms with Gasteiger partial charge < -0.3 is 37.2 Å². The summed E-state index contributed by atoms with van der Waals surface area (Å²) in [6.45, 7) is 2.75. The molecule has 0 radical (unpaired) electrons. The average molecular weight is 635 g/mol. The lowest BCUT2D eigenvalue weighted by molar-refractivity contribution is -0.142. The number of hydrogen-bond donors (Lipinski definition) is 7. The number of phenols is 1. The van der Waals surface area contributed by atoms with E-state index in [-0.39, 0.29) is 30.9 Å². The molecule has 0 spiro atoms. The summed E-state index contributed by atoms with van der Waals surface area (Å²) in [6.07, 6.45) is 0.462. The molecule has 0 aliphatic rings. The number of aromatic hydroxyl groups is 1. The highest BCUT2D eigenvalue weighted by Crippen LogP contribution is 2.18. The molecular weight excluding hydrogens is 598 g/mol. The number of benzene rings is 2. The molecule has 0 heterocycles. The maximum Gasteiger partial charge on any atom is 0.326 e. The number of nitrogens with two attached hydrogens (primary N) is 1. The highest BCUT2D eigenvalue weighted by atomic mass is 79.9. The summed E-state index contributed by atoms with van der Waals surface area (Å²) in [5.41, 5.74) is 7.32. The van der Waals surface area contributed by atoms with E-state index in [4.69, 9.17) is 5.73 Å². The van der Waals surface area contributed by atoms with E-state index in [1.165, 1.54) is 12.1 Å². The fraction of sp³-hybridized carbons (Fsp3) is 0.393. The molecule has 2 aromatic rings. The molecule has 0 aliphatic carbocycles. The fourth-order valence-corrected chi connectivity index (χ4v) is 4.27. The van der Waals surface area contributed by atoms with Crippen LogP contribution < -0.4 is 27.0 Å². The third-order valence-corrected chi connectivity index (χ3v) is 6.73. The van der Waals surface area contributed by atoms with Crippen LogP contribution in [0.15, 0.2) is 53.0 Å². The SMILES string of the molecule is CC(C)C[C@H](NC(=O)[C@H](Cc1ccccc1Br)NC(=O)CNC(=O)CNC(=O)[C@@H](N)Cc1ccc(O)cc1)C(=O)O. The van der Waals surface area contributed by atoms with E-state index in [0.29, 0.717) is 10.0 Å². The van der Waals surface area contributed by atoms with Gasteiger partial charge in [0, 0.05) is 10.9 Å². The quantitative estimate of drug-likeness (QED) is 0.148. The van der Waals surface area contributed by atoms with Crippen LogP contribution >= 0.6 is 15.9 Å². The maximum absolute atomic E-state index is 13.1. The van der Waals surface area contributed by atoms with Gasteiger partial charge in [-0.25, -0.2) is 4.79 Å². The lowest BCUT2D eigenvalue weighted by atomic mass is 10.0. The first-order valence-electron chi connectivity index (χ1n) is 13.0. The lowest BCUT2D eigenvalue weighted by Crippen LogP contribution is -2.54. The molecule has 0 fully saturated rings. The number of carboxylic acid groups (broad SMARTS) is 1. The normalized spacial score (nSPS) is 13.0. The van der Waals surface area contributed by atoms with Gasteiger partial charge in [0.05, 0.1) is 19.1 Å². The fourth-order valence-electron chi connectivity index (χ4n) is 3.82. The van der Waals surface area contributed by atoms with Gasteiger partial charge in [-0.05, 0) is 48.1 Å². The van der Waals surface area contributed by atoms with Crippen LogP contribution in [0.25, 0.3) is 0 Å². The number of carboxylic acids is 1. The van der Waals surface area contributed by atoms with Crippen molar-refractivity contribution >= 4 is 45.5 Å². The van der Waals surface area contributed by atoms with Gasteiger partial charge in [-0.2, -0.15) is 0 Å². The zero-order valence-electron chi connectivity index (χ0n) is 22.9. The van der Waals surface area contributed by atoms with E-state index in [2.05, 4.69) is 37.2 Å². The number of amides is 4. The van der Waals surface area contributed by atoms with Gasteiger partial charge in [-0.3, -0.25) is 19.2 Å². The number of nitrogens with one attached hydrogen (secondary N) is 4. The van der Waals surface area contributed by atoms with Crippen molar-refractivity contribution in [2.24, 2.45) is 11.7 Å². The Bertz CT molecular complexity index is 1220. The standard InChI is InChI=1S/C28H36BrN5O7/c1-16(2)11-23(28(40)41)34-27(39)22(13-18-5-3-4-6-20(18)29)33-25(37)15-31-24(36)14-32-26(38)21(30)12-17-7-9-19(35)10-8-17/h3-10,16,21-23,35H,11-15,30H2,1-2H3,(H,31,36)(H,32,38)(H,33,37)(H,34,39)(H,40,41)/t21-,22-,23-/m0/s1. The van der Waals surface area contributed by atoms with Crippen molar-refractivity contribution in [3.05, 3.63) is 64.1 Å². The molecule has 222 valence electrons. The third kappa shape index (κ3) is 12.0. The van der Waals surface area contributed by atoms with E-state index >= 15 is 0 Å². The van der Waals surface area contributed by atoms with Crippen molar-refractivity contribution < 1.29 is 34.2 Å². The monoisotopic (exact) mass is 633 g/mol. The van der Waals surface area contributed by atoms with Gasteiger partial charge in [-0.15, -0.1) is 0 Å². The second-order valence-corrected chi connectivity index (χ2v) is 10.8. The van der Waals surface area contributed by atoms with E-state index in [9.17, 15) is 34.2 Å². The summed E-state index contributed by atoms with van der Waals surface area (Å²) < 4.78 is 0.705. The predicted octanol–water partition coefficient (Wildman–Crippen LogP) is 0.600. The smallest absolute Gasteiger partial charge is 0.326 e. The minimum atomic E-state index is -1.19. The van der Waals surface area contributed by atoms with E-state index in [1.54, 1.807) is 36.4 Å². The van der Waals surface area contributed by atoms with Gasteiger partial charge in [0.1, 0.15) is 17.8 Å². The lowest BCUT2D eigenvalue weighted by Gasteiger charge is -2.23. The first kappa shape index (κ1) is 33.2. The summed E-state index contributed by atoms with van der Waals surface area (Å²) in [5.74, 6) is -3.68. The summed E-state index contributed by atoms with van der Waals surface area (Å²) in [4.78, 5) is 61.8. The molecule has 12 nitrogen and oxygen atoms in total. The number of rotatable bonds is 15. The Morgan fingerprint density at radius 3 is 2.07 bits per heavy atom. The van der Waals surface area contributed by atoms with Crippen LogP contribution in [0.5, 0.6) is 5.75 Å². The number of carbonyl (C=O) groups excluding carboxylic acids is 4. The average Bonchev–Trinajstić information content (AvgIpc) is 2.91. The largest absolute Gasteiger partial charge is 0.508 e. The highest BCUT2D eigenvalue weighted by Gasteiger charge is 2.28. The van der Waals surface area contributed by atoms with E-state index in [0.717, 1.165) is 5.56 Å². The molecule has 8 N–H and O–H groups in total. The molecule has 13 heteroatoms. The molecule has 0 aliphatic heterocycles. The van der Waals surface area contributed by atoms with Crippen LogP contribution in [-0.2, 0) is 36.8 Å². The van der Waals surface area contributed by atoms with Crippen molar-refractivity contribution in [3.63, 3.8) is 0 Å². The molecule has 41 heavy (non-hydrogen) atoms. The van der Waals surface area contributed by atoms with Crippen molar-refractivity contribution in [3.8, 4) is 5.75 Å². The first-order valence-corrected chi connectivity index (χ1v) is 13.8. The minimum Gasteiger partial charge on any atom is -0.508 e. The summed E-state index contributed by atoms with van der Waals surface area (Å²) >= 11 is 3.41. The van der Waals surface area contributed by atoms with Gasteiger partial charge in [0.15, 0.2) is 0 Å². The Labute approximate surface area is 246 Å². The summed E-state index contributed by atoms with van der Waals surface area (Å²) in [6, 6.07) is 10.1. The zero-order chi connectivity index (χ0) is 30.5. The number of aliphatic carboxylic acids is 1. The second-order valence-electron chi connectivity index (χ2n) is 9.92. The molecule has 0 saturated heterocycles. The van der Waals surface area contributed by atoms with Crippen molar-refractivity contribution in [1.29, 1.82) is 0 Å². The second kappa shape index (κ2) is 16.3. The van der Waals surface area contributed by atoms with Gasteiger partial charge in [0.2, 0.25) is 23.6 Å². The topological polar surface area (TPSA) is 200 Å². The van der Waals surface area contributed by atoms with Crippen molar-refractivity contribution in [1.82, 2.24) is 21.3 Å². The Balaban J connectivity index is 1.92. The number of halogens is 1. The Hall–Kier alpha value is -3.97. The molecular formula is C28H36BrN5O7. The molecule has 2 rings (SSSR count). The highest BCUT2D eigenvalue weighted by molar-refractivity contribution is 9.10. The summed E-state index contributed by atoms with van der Waals surface area (Å²) in [7, 11) is 0. The van der Waals surface area contributed by atoms with Crippen molar-refractivity contribution in [2.75, 3.05) is 13.1 Å². The number of hydrogen-bond acceptors (Lipinski definition) is 7. The summed E-state index contributed by atoms with van der Waals surface area (Å²) in [5, 5.41) is 28.7. The zero-order valence-corrected chi connectivity index (χ0v) is 24.4. The Morgan fingerprint density at radius 2 is 1.46 bits per heavy atom. The van der Waals surface area contributed by atoms with E-state index < -0.39 is 60.8 Å². The Kier molecular flexibility index (Phi) is 13.2. The molecule has 0 saturated carbocycles. The molecule has 2 aromatic carbocycles. The predicted molar refractivity (Wildman–Crippen MR) is 155 cm³/mol. The molecule has 3 atom stereocenters. The third-order valence-electron chi connectivity index (χ3n) is 5.95. The van der Waals surface area contributed by atoms with Crippen LogP contribution in [0.4, 0.5) is 0 Å². The van der Waals surface area contributed by atoms with Crippen LogP contribution in [0, 0.1) is 5.92 Å². The van der Waals surface area contributed by atoms with Crippen LogP contribution in [0.1, 0.15) is 31.4 Å². The number of carbonyl (C=O) groups is 5. The van der Waals surface area contributed by atoms with Gasteiger partial charge in [0.25, 0.3) is 0 Å². The minimum absolute atomic E-state index is 0.00534. The van der Waals surface area contributed by atoms with Crippen molar-refractivity contribution in [2.45, 2.75) is 51.2 Å². The van der Waals surface area contributed by atoms with Crippen LogP contribution in [0.3, 0.4) is 0 Å². The molecule has 0 bridgehead atoms. The molecule has 0 unspecified atom stereocenters. The Morgan fingerprint density at radius 1 is 0.829 bits per heavy atom. The van der Waals surface area contributed by atoms with Crippen LogP contribution in [0.2, 0.25) is 0 Å².